The number of morpholine rings is 1. The molecule has 1 fully saturated rings. The Balaban J connectivity index is 1.91. The van der Waals surface area contributed by atoms with Crippen LogP contribution in [0.25, 0.3) is 0 Å². The van der Waals surface area contributed by atoms with Crippen molar-refractivity contribution in [3.8, 4) is 0 Å². The summed E-state index contributed by atoms with van der Waals surface area (Å²) in [4.78, 5) is 13.6. The van der Waals surface area contributed by atoms with Crippen LogP contribution in [0.2, 0.25) is 0 Å². The average Bonchev–Trinajstić information content (AvgIpc) is 2.46. The molecule has 8 heteroatoms. The van der Waals surface area contributed by atoms with Crippen molar-refractivity contribution in [3.05, 3.63) is 35.6 Å². The van der Waals surface area contributed by atoms with Gasteiger partial charge in [-0.05, 0) is 17.7 Å². The number of carbonyl (C=O) groups is 1. The first-order valence-corrected chi connectivity index (χ1v) is 8.99. The van der Waals surface area contributed by atoms with Gasteiger partial charge in [-0.15, -0.1) is 0 Å². The third-order valence-corrected chi connectivity index (χ3v) is 4.27. The van der Waals surface area contributed by atoms with Crippen LogP contribution in [0.3, 0.4) is 0 Å². The highest BCUT2D eigenvalue weighted by atomic mass is 32.2. The van der Waals surface area contributed by atoms with Gasteiger partial charge in [0.05, 0.1) is 18.9 Å². The molecule has 1 N–H and O–H groups in total. The van der Waals surface area contributed by atoms with Gasteiger partial charge in [0.25, 0.3) is 0 Å². The lowest BCUT2D eigenvalue weighted by molar-refractivity contribution is -0.0154. The molecule has 1 heterocycles. The third-order valence-electron chi connectivity index (χ3n) is 3.32. The average molecular weight is 330 g/mol. The molecule has 6 nitrogen and oxygen atoms in total. The van der Waals surface area contributed by atoms with E-state index in [1.807, 2.05) is 0 Å². The Morgan fingerprint density at radius 2 is 2.27 bits per heavy atom. The second kappa shape index (κ2) is 7.06. The Morgan fingerprint density at radius 3 is 2.95 bits per heavy atom. The topological polar surface area (TPSA) is 75.7 Å². The van der Waals surface area contributed by atoms with Crippen molar-refractivity contribution in [2.45, 2.75) is 6.10 Å². The maximum Gasteiger partial charge on any atom is 0.317 e. The van der Waals surface area contributed by atoms with E-state index in [0.29, 0.717) is 25.3 Å². The molecule has 1 saturated heterocycles. The number of amides is 2. The zero-order chi connectivity index (χ0) is 16.2. The van der Waals surface area contributed by atoms with Gasteiger partial charge < -0.3 is 15.0 Å². The number of hydrogen-bond acceptors (Lipinski definition) is 4. The number of hydrogen-bond donors (Lipinski definition) is 1. The van der Waals surface area contributed by atoms with E-state index in [4.69, 9.17) is 4.74 Å². The zero-order valence-electron chi connectivity index (χ0n) is 12.3. The van der Waals surface area contributed by atoms with Crippen LogP contribution in [0.1, 0.15) is 11.7 Å². The summed E-state index contributed by atoms with van der Waals surface area (Å²) < 4.78 is 40.9. The lowest BCUT2D eigenvalue weighted by atomic mass is 10.1. The fourth-order valence-electron chi connectivity index (χ4n) is 2.20. The molecular weight excluding hydrogens is 311 g/mol. The summed E-state index contributed by atoms with van der Waals surface area (Å²) in [5.41, 5.74) is 0.675. The van der Waals surface area contributed by atoms with Gasteiger partial charge in [0.15, 0.2) is 0 Å². The van der Waals surface area contributed by atoms with E-state index < -0.39 is 9.84 Å². The van der Waals surface area contributed by atoms with Crippen LogP contribution in [-0.2, 0) is 14.6 Å². The van der Waals surface area contributed by atoms with Crippen LogP contribution in [0.5, 0.6) is 0 Å². The number of carbonyl (C=O) groups excluding carboxylic acids is 1. The standard InChI is InChI=1S/C14H19FN2O4S/c1-22(19,20)8-5-16-14(18)17-6-7-21-13(10-17)11-3-2-4-12(15)9-11/h2-4,9,13H,5-8,10H2,1H3,(H,16,18)/t13-/m0/s1. The fraction of sp³-hybridized carbons (Fsp3) is 0.500. The molecule has 1 atom stereocenters. The summed E-state index contributed by atoms with van der Waals surface area (Å²) in [5, 5.41) is 2.57. The molecule has 0 radical (unpaired) electrons. The maximum atomic E-state index is 13.3. The summed E-state index contributed by atoms with van der Waals surface area (Å²) in [6.07, 6.45) is 0.735. The number of urea groups is 1. The Bertz CT molecular complexity index is 635. The smallest absolute Gasteiger partial charge is 0.317 e. The van der Waals surface area contributed by atoms with Crippen molar-refractivity contribution in [1.82, 2.24) is 10.2 Å². The van der Waals surface area contributed by atoms with Gasteiger partial charge in [-0.1, -0.05) is 12.1 Å². The summed E-state index contributed by atoms with van der Waals surface area (Å²) in [7, 11) is -3.11. The quantitative estimate of drug-likeness (QED) is 0.892. The van der Waals surface area contributed by atoms with Crippen molar-refractivity contribution in [2.75, 3.05) is 38.2 Å². The van der Waals surface area contributed by atoms with E-state index in [2.05, 4.69) is 5.32 Å². The zero-order valence-corrected chi connectivity index (χ0v) is 13.1. The second-order valence-corrected chi connectivity index (χ2v) is 7.48. The normalized spacial score (nSPS) is 19.0. The molecule has 1 aliphatic heterocycles. The first-order chi connectivity index (χ1) is 10.3. The molecule has 22 heavy (non-hydrogen) atoms. The molecule has 0 saturated carbocycles. The largest absolute Gasteiger partial charge is 0.370 e. The van der Waals surface area contributed by atoms with Gasteiger partial charge in [0.1, 0.15) is 21.8 Å². The van der Waals surface area contributed by atoms with Crippen molar-refractivity contribution in [1.29, 1.82) is 0 Å². The minimum Gasteiger partial charge on any atom is -0.370 e. The van der Waals surface area contributed by atoms with Gasteiger partial charge in [-0.3, -0.25) is 0 Å². The van der Waals surface area contributed by atoms with E-state index in [9.17, 15) is 17.6 Å². The monoisotopic (exact) mass is 330 g/mol. The molecule has 0 unspecified atom stereocenters. The van der Waals surface area contributed by atoms with Gasteiger partial charge in [0, 0.05) is 19.3 Å². The van der Waals surface area contributed by atoms with Crippen LogP contribution in [0, 0.1) is 5.82 Å². The van der Waals surface area contributed by atoms with Crippen LogP contribution >= 0.6 is 0 Å². The number of benzene rings is 1. The van der Waals surface area contributed by atoms with E-state index in [-0.39, 0.29) is 30.2 Å². The van der Waals surface area contributed by atoms with Crippen molar-refractivity contribution < 1.29 is 22.3 Å². The molecule has 0 aromatic heterocycles. The lowest BCUT2D eigenvalue weighted by Gasteiger charge is -2.33. The molecule has 1 aliphatic rings. The summed E-state index contributed by atoms with van der Waals surface area (Å²) in [5.74, 6) is -0.452. The number of nitrogens with zero attached hydrogens (tertiary/aromatic N) is 1. The van der Waals surface area contributed by atoms with Crippen molar-refractivity contribution in [3.63, 3.8) is 0 Å². The highest BCUT2D eigenvalue weighted by Gasteiger charge is 2.25. The van der Waals surface area contributed by atoms with Crippen LogP contribution in [-0.4, -0.2) is 57.6 Å². The third kappa shape index (κ3) is 4.96. The SMILES string of the molecule is CS(=O)(=O)CCNC(=O)N1CCO[C@H](c2cccc(F)c2)C1. The first-order valence-electron chi connectivity index (χ1n) is 6.93. The van der Waals surface area contributed by atoms with Crippen molar-refractivity contribution in [2.24, 2.45) is 0 Å². The minimum atomic E-state index is -3.11. The number of nitrogens with one attached hydrogen (secondary N) is 1. The predicted molar refractivity (Wildman–Crippen MR) is 79.8 cm³/mol. The van der Waals surface area contributed by atoms with Gasteiger partial charge in [-0.25, -0.2) is 17.6 Å². The van der Waals surface area contributed by atoms with E-state index >= 15 is 0 Å². The first kappa shape index (κ1) is 16.7. The Labute approximate surface area is 129 Å². The molecule has 0 bridgehead atoms. The van der Waals surface area contributed by atoms with Crippen LogP contribution in [0.4, 0.5) is 9.18 Å². The highest BCUT2D eigenvalue weighted by Crippen LogP contribution is 2.22. The lowest BCUT2D eigenvalue weighted by Crippen LogP contribution is -2.48. The molecule has 2 amide bonds. The van der Waals surface area contributed by atoms with Crippen molar-refractivity contribution >= 4 is 15.9 Å². The van der Waals surface area contributed by atoms with Crippen LogP contribution < -0.4 is 5.32 Å². The van der Waals surface area contributed by atoms with Gasteiger partial charge in [-0.2, -0.15) is 0 Å². The number of sulfone groups is 1. The Hall–Kier alpha value is -1.67. The van der Waals surface area contributed by atoms with E-state index in [1.165, 1.54) is 12.1 Å². The Morgan fingerprint density at radius 1 is 1.50 bits per heavy atom. The highest BCUT2D eigenvalue weighted by molar-refractivity contribution is 7.90. The molecule has 2 rings (SSSR count). The molecule has 1 aromatic rings. The molecular formula is C14H19FN2O4S. The Kier molecular flexibility index (Phi) is 5.36. The molecule has 1 aromatic carbocycles. The molecule has 0 spiro atoms. The fourth-order valence-corrected chi connectivity index (χ4v) is 2.67. The second-order valence-electron chi connectivity index (χ2n) is 5.22. The number of rotatable bonds is 4. The summed E-state index contributed by atoms with van der Waals surface area (Å²) in [6.45, 7) is 1.13. The predicted octanol–water partition coefficient (Wildman–Crippen LogP) is 0.953. The van der Waals surface area contributed by atoms with Gasteiger partial charge >= 0.3 is 6.03 Å². The minimum absolute atomic E-state index is 0.0691. The molecule has 0 aliphatic carbocycles. The number of ether oxygens (including phenoxy) is 1. The summed E-state index contributed by atoms with van der Waals surface area (Å²) in [6, 6.07) is 5.74. The van der Waals surface area contributed by atoms with E-state index in [0.717, 1.165) is 6.26 Å². The van der Waals surface area contributed by atoms with Crippen LogP contribution in [0.15, 0.2) is 24.3 Å². The molecule has 122 valence electrons. The van der Waals surface area contributed by atoms with E-state index in [1.54, 1.807) is 17.0 Å². The van der Waals surface area contributed by atoms with Gasteiger partial charge in [0.2, 0.25) is 0 Å². The number of halogens is 1. The maximum absolute atomic E-state index is 13.3. The summed E-state index contributed by atoms with van der Waals surface area (Å²) >= 11 is 0.